The van der Waals surface area contributed by atoms with Crippen molar-refractivity contribution in [3.8, 4) is 0 Å². The monoisotopic (exact) mass is 356 g/mol. The summed E-state index contributed by atoms with van der Waals surface area (Å²) < 4.78 is 5.85. The Morgan fingerprint density at radius 3 is 2.80 bits per heavy atom. The molecule has 8 heteroatoms. The highest BCUT2D eigenvalue weighted by atomic mass is 32.1. The van der Waals surface area contributed by atoms with Crippen molar-refractivity contribution in [3.63, 3.8) is 0 Å². The third-order valence-electron chi connectivity index (χ3n) is 3.39. The molecule has 1 aromatic carbocycles. The molecule has 0 atom stereocenters. The number of benzene rings is 1. The van der Waals surface area contributed by atoms with Crippen LogP contribution in [0, 0.1) is 0 Å². The largest absolute Gasteiger partial charge is 0.461 e. The first kappa shape index (κ1) is 16.8. The number of fused-ring (bicyclic) bond motifs is 1. The Hall–Kier alpha value is -3.00. The molecule has 2 heterocycles. The zero-order valence-corrected chi connectivity index (χ0v) is 14.3. The summed E-state index contributed by atoms with van der Waals surface area (Å²) in [5.74, 6) is -0.916. The quantitative estimate of drug-likeness (QED) is 0.680. The number of pyridine rings is 1. The summed E-state index contributed by atoms with van der Waals surface area (Å²) in [4.78, 5) is 32.2. The summed E-state index contributed by atoms with van der Waals surface area (Å²) >= 11 is 1.40. The lowest BCUT2D eigenvalue weighted by molar-refractivity contribution is 0.0519. The number of aromatic nitrogens is 2. The van der Waals surface area contributed by atoms with Crippen LogP contribution in [0.2, 0.25) is 0 Å². The second-order valence-corrected chi connectivity index (χ2v) is 6.23. The molecule has 0 saturated carbocycles. The summed E-state index contributed by atoms with van der Waals surface area (Å²) in [6.45, 7) is 2.29. The van der Waals surface area contributed by atoms with E-state index in [1.165, 1.54) is 17.4 Å². The zero-order chi connectivity index (χ0) is 17.8. The maximum atomic E-state index is 12.3. The van der Waals surface area contributed by atoms with Gasteiger partial charge in [-0.15, -0.1) is 0 Å². The van der Waals surface area contributed by atoms with Crippen LogP contribution in [0.4, 0.5) is 5.13 Å². The van der Waals surface area contributed by atoms with Crippen molar-refractivity contribution < 1.29 is 14.3 Å². The number of ether oxygens (including phenoxy) is 1. The first-order chi connectivity index (χ1) is 12.1. The molecule has 0 saturated heterocycles. The molecule has 1 amide bonds. The molecule has 3 aromatic rings. The average Bonchev–Trinajstić information content (AvgIpc) is 2.99. The van der Waals surface area contributed by atoms with Crippen LogP contribution in [-0.2, 0) is 11.3 Å². The number of nitrogens with two attached hydrogens (primary N) is 1. The number of amides is 1. The molecule has 25 heavy (non-hydrogen) atoms. The highest BCUT2D eigenvalue weighted by molar-refractivity contribution is 7.22. The lowest BCUT2D eigenvalue weighted by Crippen LogP contribution is -2.24. The number of hydrogen-bond acceptors (Lipinski definition) is 7. The third-order valence-corrected chi connectivity index (χ3v) is 4.24. The molecule has 7 nitrogen and oxygen atoms in total. The van der Waals surface area contributed by atoms with Crippen LogP contribution in [0.1, 0.15) is 33.5 Å². The molecule has 0 spiro atoms. The van der Waals surface area contributed by atoms with Gasteiger partial charge in [-0.05, 0) is 36.8 Å². The molecule has 0 aliphatic heterocycles. The van der Waals surface area contributed by atoms with Gasteiger partial charge in [-0.2, -0.15) is 0 Å². The lowest BCUT2D eigenvalue weighted by atomic mass is 10.2. The van der Waals surface area contributed by atoms with Crippen molar-refractivity contribution in [2.75, 3.05) is 12.3 Å². The van der Waals surface area contributed by atoms with Crippen LogP contribution in [0.25, 0.3) is 10.2 Å². The van der Waals surface area contributed by atoms with E-state index in [0.717, 1.165) is 15.8 Å². The molecule has 0 aliphatic rings. The predicted octanol–water partition coefficient (Wildman–Crippen LogP) is 2.38. The van der Waals surface area contributed by atoms with Gasteiger partial charge in [-0.25, -0.2) is 14.8 Å². The van der Waals surface area contributed by atoms with Gasteiger partial charge in [-0.1, -0.05) is 23.5 Å². The van der Waals surface area contributed by atoms with Gasteiger partial charge in [0.1, 0.15) is 11.4 Å². The van der Waals surface area contributed by atoms with Crippen LogP contribution in [0.15, 0.2) is 36.4 Å². The second-order valence-electron chi connectivity index (χ2n) is 5.17. The van der Waals surface area contributed by atoms with E-state index in [4.69, 9.17) is 10.5 Å². The fourth-order valence-corrected chi connectivity index (χ4v) is 3.05. The molecule has 3 rings (SSSR count). The number of nitrogens with one attached hydrogen (secondary N) is 1. The molecule has 0 aliphatic carbocycles. The summed E-state index contributed by atoms with van der Waals surface area (Å²) in [5.41, 5.74) is 7.72. The highest BCUT2D eigenvalue weighted by Crippen LogP contribution is 2.24. The molecular weight excluding hydrogens is 340 g/mol. The molecule has 3 N–H and O–H groups in total. The average molecular weight is 356 g/mol. The summed E-state index contributed by atoms with van der Waals surface area (Å²) in [5, 5.41) is 3.29. The van der Waals surface area contributed by atoms with Gasteiger partial charge in [0.25, 0.3) is 5.91 Å². The third kappa shape index (κ3) is 3.92. The number of esters is 1. The Kier molecular flexibility index (Phi) is 4.90. The standard InChI is InChI=1S/C17H16N4O3S/c1-2-24-16(23)13-5-3-4-12(20-13)15(22)19-9-10-6-7-11-14(8-10)25-17(18)21-11/h3-8H,2,9H2,1H3,(H2,18,21)(H,19,22). The number of carbonyl (C=O) groups excluding carboxylic acids is 2. The van der Waals surface area contributed by atoms with E-state index in [-0.39, 0.29) is 23.9 Å². The number of thiazole rings is 1. The van der Waals surface area contributed by atoms with E-state index < -0.39 is 5.97 Å². The maximum Gasteiger partial charge on any atom is 0.356 e. The number of nitrogen functional groups attached to an aromatic ring is 1. The number of carbonyl (C=O) groups is 2. The van der Waals surface area contributed by atoms with E-state index in [1.807, 2.05) is 18.2 Å². The molecule has 128 valence electrons. The fourth-order valence-electron chi connectivity index (χ4n) is 2.25. The number of hydrogen-bond donors (Lipinski definition) is 2. The summed E-state index contributed by atoms with van der Waals surface area (Å²) in [6.07, 6.45) is 0. The van der Waals surface area contributed by atoms with Crippen LogP contribution in [0.5, 0.6) is 0 Å². The first-order valence-corrected chi connectivity index (χ1v) is 8.46. The van der Waals surface area contributed by atoms with Gasteiger partial charge in [0.15, 0.2) is 5.13 Å². The Morgan fingerprint density at radius 2 is 2.00 bits per heavy atom. The predicted molar refractivity (Wildman–Crippen MR) is 95.4 cm³/mol. The summed E-state index contributed by atoms with van der Waals surface area (Å²) in [6, 6.07) is 10.3. The molecule has 2 aromatic heterocycles. The van der Waals surface area contributed by atoms with Gasteiger partial charge in [-0.3, -0.25) is 4.79 Å². The smallest absolute Gasteiger partial charge is 0.356 e. The van der Waals surface area contributed by atoms with E-state index in [1.54, 1.807) is 19.1 Å². The maximum absolute atomic E-state index is 12.3. The molecule has 0 radical (unpaired) electrons. The van der Waals surface area contributed by atoms with Gasteiger partial charge < -0.3 is 15.8 Å². The number of nitrogens with zero attached hydrogens (tertiary/aromatic N) is 2. The highest BCUT2D eigenvalue weighted by Gasteiger charge is 2.13. The topological polar surface area (TPSA) is 107 Å². The first-order valence-electron chi connectivity index (χ1n) is 7.64. The van der Waals surface area contributed by atoms with Gasteiger partial charge in [0, 0.05) is 6.54 Å². The van der Waals surface area contributed by atoms with Crippen molar-refractivity contribution >= 4 is 38.6 Å². The van der Waals surface area contributed by atoms with Crippen molar-refractivity contribution in [3.05, 3.63) is 53.3 Å². The Morgan fingerprint density at radius 1 is 1.20 bits per heavy atom. The van der Waals surface area contributed by atoms with E-state index in [0.29, 0.717) is 11.7 Å². The van der Waals surface area contributed by atoms with Crippen LogP contribution in [0.3, 0.4) is 0 Å². The van der Waals surface area contributed by atoms with E-state index in [9.17, 15) is 9.59 Å². The molecule has 0 bridgehead atoms. The van der Waals surface area contributed by atoms with Gasteiger partial charge in [0.05, 0.1) is 16.8 Å². The molecule has 0 fully saturated rings. The Balaban J connectivity index is 1.69. The van der Waals surface area contributed by atoms with Crippen molar-refractivity contribution in [1.82, 2.24) is 15.3 Å². The number of rotatable bonds is 5. The van der Waals surface area contributed by atoms with Crippen LogP contribution >= 0.6 is 11.3 Å². The van der Waals surface area contributed by atoms with Crippen LogP contribution < -0.4 is 11.1 Å². The van der Waals surface area contributed by atoms with Crippen molar-refractivity contribution in [1.29, 1.82) is 0 Å². The zero-order valence-electron chi connectivity index (χ0n) is 13.5. The minimum Gasteiger partial charge on any atom is -0.461 e. The van der Waals surface area contributed by atoms with Crippen molar-refractivity contribution in [2.24, 2.45) is 0 Å². The second kappa shape index (κ2) is 7.27. The van der Waals surface area contributed by atoms with E-state index >= 15 is 0 Å². The summed E-state index contributed by atoms with van der Waals surface area (Å²) in [7, 11) is 0. The normalized spacial score (nSPS) is 10.6. The minimum absolute atomic E-state index is 0.107. The number of anilines is 1. The Labute approximate surface area is 147 Å². The SMILES string of the molecule is CCOC(=O)c1cccc(C(=O)NCc2ccc3nc(N)sc3c2)n1. The molecular formula is C17H16N4O3S. The Bertz CT molecular complexity index is 939. The lowest BCUT2D eigenvalue weighted by Gasteiger charge is -2.06. The fraction of sp³-hybridized carbons (Fsp3) is 0.176. The molecule has 0 unspecified atom stereocenters. The minimum atomic E-state index is -0.551. The van der Waals surface area contributed by atoms with Crippen molar-refractivity contribution in [2.45, 2.75) is 13.5 Å². The van der Waals surface area contributed by atoms with E-state index in [2.05, 4.69) is 15.3 Å². The van der Waals surface area contributed by atoms with Crippen LogP contribution in [-0.4, -0.2) is 28.5 Å². The van der Waals surface area contributed by atoms with Gasteiger partial charge >= 0.3 is 5.97 Å². The van der Waals surface area contributed by atoms with Gasteiger partial charge in [0.2, 0.25) is 0 Å².